The van der Waals surface area contributed by atoms with E-state index >= 15 is 0 Å². The van der Waals surface area contributed by atoms with Crippen LogP contribution in [0.1, 0.15) is 168 Å². The largest absolute Gasteiger partial charge is 0.462 e. The molecule has 5 nitrogen and oxygen atoms in total. The molecule has 1 atom stereocenters. The third kappa shape index (κ3) is 31.1. The maximum Gasteiger partial charge on any atom is 0.306 e. The summed E-state index contributed by atoms with van der Waals surface area (Å²) >= 11 is 0. The van der Waals surface area contributed by atoms with Crippen LogP contribution in [0.3, 0.4) is 0 Å². The predicted molar refractivity (Wildman–Crippen MR) is 178 cm³/mol. The number of hydrogen-bond donors (Lipinski definition) is 1. The number of carbonyl (C=O) groups excluding carboxylic acids is 2. The van der Waals surface area contributed by atoms with E-state index in [4.69, 9.17) is 9.47 Å². The van der Waals surface area contributed by atoms with Gasteiger partial charge in [0, 0.05) is 12.8 Å². The minimum absolute atomic E-state index is 0.0730. The molecule has 0 bridgehead atoms. The maximum absolute atomic E-state index is 12.1. The van der Waals surface area contributed by atoms with Gasteiger partial charge in [-0.25, -0.2) is 0 Å². The molecule has 0 aromatic heterocycles. The van der Waals surface area contributed by atoms with Crippen molar-refractivity contribution in [3.63, 3.8) is 0 Å². The first kappa shape index (κ1) is 40.1. The van der Waals surface area contributed by atoms with E-state index in [1.54, 1.807) is 0 Å². The van der Waals surface area contributed by atoms with Gasteiger partial charge in [-0.3, -0.25) is 9.59 Å². The van der Waals surface area contributed by atoms with Gasteiger partial charge >= 0.3 is 11.9 Å². The van der Waals surface area contributed by atoms with Crippen LogP contribution >= 0.6 is 0 Å². The monoisotopic (exact) mass is 590 g/mol. The SMILES string of the molecule is CCCC/C=C\CCCCCCCC(=O)OCC(CO)OC(=O)CCCCCCCCC/C=C\C/C=C\CCCCC. The second-order valence-electron chi connectivity index (χ2n) is 11.6. The Hall–Kier alpha value is -1.88. The van der Waals surface area contributed by atoms with Gasteiger partial charge in [0.15, 0.2) is 6.10 Å². The van der Waals surface area contributed by atoms with Crippen molar-refractivity contribution in [2.75, 3.05) is 13.2 Å². The van der Waals surface area contributed by atoms with Crippen LogP contribution in [0, 0.1) is 0 Å². The third-order valence-electron chi connectivity index (χ3n) is 7.41. The smallest absolute Gasteiger partial charge is 0.306 e. The third-order valence-corrected chi connectivity index (χ3v) is 7.41. The molecule has 1 N–H and O–H groups in total. The Morgan fingerprint density at radius 1 is 0.548 bits per heavy atom. The van der Waals surface area contributed by atoms with E-state index in [-0.39, 0.29) is 25.2 Å². The van der Waals surface area contributed by atoms with E-state index in [1.807, 2.05) is 0 Å². The summed E-state index contributed by atoms with van der Waals surface area (Å²) in [6, 6.07) is 0. The molecule has 0 aliphatic heterocycles. The standard InChI is InChI=1S/C37H66O5/c1-3-5-7-9-11-13-15-16-17-18-19-20-22-24-26-28-30-32-37(40)42-35(33-38)34-41-36(39)31-29-27-25-23-21-14-12-10-8-6-4-2/h10-13,16-17,35,38H,3-9,14-15,18-34H2,1-2H3/b12-10-,13-11-,17-16-. The maximum atomic E-state index is 12.1. The minimum Gasteiger partial charge on any atom is -0.462 e. The van der Waals surface area contributed by atoms with Crippen LogP contribution in [0.2, 0.25) is 0 Å². The van der Waals surface area contributed by atoms with E-state index in [1.165, 1.54) is 83.5 Å². The first-order chi connectivity index (χ1) is 20.6. The lowest BCUT2D eigenvalue weighted by Gasteiger charge is -2.15. The van der Waals surface area contributed by atoms with Crippen molar-refractivity contribution < 1.29 is 24.2 Å². The molecule has 5 heteroatoms. The van der Waals surface area contributed by atoms with Crippen molar-refractivity contribution in [1.29, 1.82) is 0 Å². The zero-order valence-electron chi connectivity index (χ0n) is 27.5. The highest BCUT2D eigenvalue weighted by molar-refractivity contribution is 5.70. The molecule has 0 saturated heterocycles. The van der Waals surface area contributed by atoms with E-state index in [9.17, 15) is 14.7 Å². The number of esters is 2. The molecule has 0 aromatic rings. The molecule has 0 aromatic carbocycles. The van der Waals surface area contributed by atoms with Crippen molar-refractivity contribution in [2.24, 2.45) is 0 Å². The fourth-order valence-corrected chi connectivity index (χ4v) is 4.68. The van der Waals surface area contributed by atoms with Crippen molar-refractivity contribution in [3.05, 3.63) is 36.5 Å². The Morgan fingerprint density at radius 3 is 1.50 bits per heavy atom. The lowest BCUT2D eigenvalue weighted by atomic mass is 10.1. The number of unbranched alkanes of at least 4 members (excludes halogenated alkanes) is 17. The quantitative estimate of drug-likeness (QED) is 0.0494. The molecular weight excluding hydrogens is 524 g/mol. The van der Waals surface area contributed by atoms with Gasteiger partial charge in [0.05, 0.1) is 6.61 Å². The molecule has 1 unspecified atom stereocenters. The van der Waals surface area contributed by atoms with Crippen molar-refractivity contribution >= 4 is 11.9 Å². The summed E-state index contributed by atoms with van der Waals surface area (Å²) in [5, 5.41) is 9.50. The molecule has 42 heavy (non-hydrogen) atoms. The Balaban J connectivity index is 3.60. The van der Waals surface area contributed by atoms with Gasteiger partial charge in [0.1, 0.15) is 6.61 Å². The van der Waals surface area contributed by atoms with Gasteiger partial charge in [-0.1, -0.05) is 127 Å². The Morgan fingerprint density at radius 2 is 0.976 bits per heavy atom. The van der Waals surface area contributed by atoms with E-state index in [2.05, 4.69) is 50.3 Å². The first-order valence-electron chi connectivity index (χ1n) is 17.5. The molecule has 0 aliphatic carbocycles. The topological polar surface area (TPSA) is 72.8 Å². The zero-order valence-corrected chi connectivity index (χ0v) is 27.5. The Labute approximate surface area is 259 Å². The average molecular weight is 591 g/mol. The summed E-state index contributed by atoms with van der Waals surface area (Å²) in [7, 11) is 0. The summed E-state index contributed by atoms with van der Waals surface area (Å²) in [5.41, 5.74) is 0. The number of carbonyl (C=O) groups is 2. The summed E-state index contributed by atoms with van der Waals surface area (Å²) in [4.78, 5) is 24.1. The van der Waals surface area contributed by atoms with E-state index < -0.39 is 6.10 Å². The summed E-state index contributed by atoms with van der Waals surface area (Å²) < 4.78 is 10.5. The zero-order chi connectivity index (χ0) is 30.8. The lowest BCUT2D eigenvalue weighted by Crippen LogP contribution is -2.28. The van der Waals surface area contributed by atoms with Crippen molar-refractivity contribution in [2.45, 2.75) is 174 Å². The summed E-state index contributed by atoms with van der Waals surface area (Å²) in [6.07, 6.45) is 39.1. The fraction of sp³-hybridized carbons (Fsp3) is 0.784. The Bertz CT molecular complexity index is 682. The molecule has 0 radical (unpaired) electrons. The van der Waals surface area contributed by atoms with Gasteiger partial charge in [-0.2, -0.15) is 0 Å². The van der Waals surface area contributed by atoms with Gasteiger partial charge in [-0.05, 0) is 64.2 Å². The van der Waals surface area contributed by atoms with Gasteiger partial charge in [0.2, 0.25) is 0 Å². The van der Waals surface area contributed by atoms with Crippen molar-refractivity contribution in [1.82, 2.24) is 0 Å². The highest BCUT2D eigenvalue weighted by Gasteiger charge is 2.16. The number of ether oxygens (including phenoxy) is 2. The molecule has 0 saturated carbocycles. The molecule has 0 spiro atoms. The molecular formula is C37H66O5. The normalized spacial score (nSPS) is 12.5. The summed E-state index contributed by atoms with van der Waals surface area (Å²) in [6.45, 7) is 4.04. The van der Waals surface area contributed by atoms with E-state index in [0.717, 1.165) is 57.8 Å². The molecule has 0 amide bonds. The summed E-state index contributed by atoms with van der Waals surface area (Å²) in [5.74, 6) is -0.613. The van der Waals surface area contributed by atoms with Gasteiger partial charge in [-0.15, -0.1) is 0 Å². The predicted octanol–water partition coefficient (Wildman–Crippen LogP) is 10.5. The highest BCUT2D eigenvalue weighted by atomic mass is 16.6. The number of aliphatic hydroxyl groups is 1. The van der Waals surface area contributed by atoms with E-state index in [0.29, 0.717) is 12.8 Å². The molecule has 0 heterocycles. The lowest BCUT2D eigenvalue weighted by molar-refractivity contribution is -0.161. The number of aliphatic hydroxyl groups excluding tert-OH is 1. The second-order valence-corrected chi connectivity index (χ2v) is 11.6. The number of rotatable bonds is 31. The van der Waals surface area contributed by atoms with Crippen LogP contribution in [0.5, 0.6) is 0 Å². The van der Waals surface area contributed by atoms with Gasteiger partial charge < -0.3 is 14.6 Å². The number of allylic oxidation sites excluding steroid dienone is 6. The molecule has 0 rings (SSSR count). The second kappa shape index (κ2) is 33.6. The number of hydrogen-bond acceptors (Lipinski definition) is 5. The molecule has 0 fully saturated rings. The highest BCUT2D eigenvalue weighted by Crippen LogP contribution is 2.12. The average Bonchev–Trinajstić information content (AvgIpc) is 2.99. The Kier molecular flexibility index (Phi) is 32.1. The van der Waals surface area contributed by atoms with Crippen LogP contribution in [0.4, 0.5) is 0 Å². The van der Waals surface area contributed by atoms with Crippen LogP contribution in [-0.4, -0.2) is 36.4 Å². The fourth-order valence-electron chi connectivity index (χ4n) is 4.68. The first-order valence-corrected chi connectivity index (χ1v) is 17.5. The van der Waals surface area contributed by atoms with Crippen LogP contribution in [0.15, 0.2) is 36.5 Å². The molecule has 244 valence electrons. The van der Waals surface area contributed by atoms with Crippen LogP contribution < -0.4 is 0 Å². The minimum atomic E-state index is -0.775. The van der Waals surface area contributed by atoms with Crippen LogP contribution in [0.25, 0.3) is 0 Å². The van der Waals surface area contributed by atoms with Crippen molar-refractivity contribution in [3.8, 4) is 0 Å². The molecule has 0 aliphatic rings. The van der Waals surface area contributed by atoms with Crippen LogP contribution in [-0.2, 0) is 19.1 Å². The van der Waals surface area contributed by atoms with Gasteiger partial charge in [0.25, 0.3) is 0 Å².